The molecule has 1 saturated heterocycles. The zero-order valence-corrected chi connectivity index (χ0v) is 24.5. The standard InChI is InChI=1S/C28H39ClFN5O4S/c1-34-26(31)24(27(36)32-21-6-7-23(30)22(29)14-21)25(33-34)18-12-19-15-28(37,16-20(19)13-18)17-40(38,39)11-5-10-35-8-3-2-4-9-35/h6-7,14,18-20,37H,2-5,8-13,15-17,31H2,1H3,(H,32,36)/t18?,19-,20?,28?/m1/s1. The topological polar surface area (TPSA) is 131 Å². The summed E-state index contributed by atoms with van der Waals surface area (Å²) in [6, 6.07) is 3.94. The summed E-state index contributed by atoms with van der Waals surface area (Å²) in [4.78, 5) is 15.6. The zero-order chi connectivity index (χ0) is 28.7. The van der Waals surface area contributed by atoms with Crippen LogP contribution in [0.15, 0.2) is 18.2 Å². The number of sulfone groups is 1. The predicted molar refractivity (Wildman–Crippen MR) is 154 cm³/mol. The van der Waals surface area contributed by atoms with E-state index in [2.05, 4.69) is 15.3 Å². The molecular formula is C28H39ClFN5O4S. The number of aliphatic hydroxyl groups is 1. The van der Waals surface area contributed by atoms with Gasteiger partial charge in [-0.15, -0.1) is 0 Å². The van der Waals surface area contributed by atoms with Gasteiger partial charge in [-0.05, 0) is 94.6 Å². The average Bonchev–Trinajstić information content (AvgIpc) is 3.50. The summed E-state index contributed by atoms with van der Waals surface area (Å²) in [5.74, 6) is -0.637. The smallest absolute Gasteiger partial charge is 0.261 e. The summed E-state index contributed by atoms with van der Waals surface area (Å²) in [5, 5.41) is 18.5. The molecule has 0 spiro atoms. The van der Waals surface area contributed by atoms with Crippen molar-refractivity contribution < 1.29 is 22.7 Å². The number of piperidine rings is 1. The Bertz CT molecular complexity index is 1350. The van der Waals surface area contributed by atoms with Crippen molar-refractivity contribution in [3.63, 3.8) is 0 Å². The normalized spacial score (nSPS) is 27.1. The molecule has 2 aromatic rings. The lowest BCUT2D eigenvalue weighted by atomic mass is 9.92. The number of nitrogens with one attached hydrogen (secondary N) is 1. The summed E-state index contributed by atoms with van der Waals surface area (Å²) in [6.45, 7) is 2.88. The SMILES string of the molecule is Cn1nc(C2CC3CC(O)(CS(=O)(=O)CCCN4CCCCC4)C[C@H]3C2)c(C(=O)Nc2ccc(F)c(Cl)c2)c1N. The van der Waals surface area contributed by atoms with Crippen molar-refractivity contribution in [1.82, 2.24) is 14.7 Å². The molecule has 5 rings (SSSR count). The maximum Gasteiger partial charge on any atom is 0.261 e. The van der Waals surface area contributed by atoms with Crippen LogP contribution in [-0.4, -0.2) is 70.9 Å². The third kappa shape index (κ3) is 6.48. The van der Waals surface area contributed by atoms with Gasteiger partial charge in [-0.2, -0.15) is 5.10 Å². The molecule has 2 saturated carbocycles. The zero-order valence-electron chi connectivity index (χ0n) is 22.9. The van der Waals surface area contributed by atoms with Crippen molar-refractivity contribution in [2.24, 2.45) is 18.9 Å². The van der Waals surface area contributed by atoms with Gasteiger partial charge >= 0.3 is 0 Å². The highest BCUT2D eigenvalue weighted by Gasteiger charge is 2.51. The van der Waals surface area contributed by atoms with Gasteiger partial charge in [0.05, 0.1) is 27.8 Å². The quantitative estimate of drug-likeness (QED) is 0.400. The second-order valence-corrected chi connectivity index (χ2v) is 14.6. The van der Waals surface area contributed by atoms with E-state index in [1.165, 1.54) is 42.1 Å². The minimum Gasteiger partial charge on any atom is -0.389 e. The van der Waals surface area contributed by atoms with Crippen molar-refractivity contribution in [3.05, 3.63) is 40.3 Å². The van der Waals surface area contributed by atoms with E-state index in [1.807, 2.05) is 0 Å². The second-order valence-electron chi connectivity index (χ2n) is 12.0. The van der Waals surface area contributed by atoms with Gasteiger partial charge in [-0.25, -0.2) is 12.8 Å². The Balaban J connectivity index is 1.20. The van der Waals surface area contributed by atoms with Crippen molar-refractivity contribution >= 4 is 38.9 Å². The number of amides is 1. The molecule has 1 aromatic carbocycles. The minimum atomic E-state index is -3.37. The Labute approximate surface area is 240 Å². The first-order chi connectivity index (χ1) is 18.9. The fourth-order valence-electron chi connectivity index (χ4n) is 7.13. The monoisotopic (exact) mass is 595 g/mol. The van der Waals surface area contributed by atoms with E-state index < -0.39 is 27.2 Å². The van der Waals surface area contributed by atoms with Gasteiger partial charge in [0.15, 0.2) is 9.84 Å². The van der Waals surface area contributed by atoms with Crippen molar-refractivity contribution in [2.75, 3.05) is 42.2 Å². The first-order valence-electron chi connectivity index (χ1n) is 14.2. The van der Waals surface area contributed by atoms with Crippen LogP contribution in [0, 0.1) is 17.7 Å². The summed E-state index contributed by atoms with van der Waals surface area (Å²) < 4.78 is 40.8. The molecule has 4 atom stereocenters. The van der Waals surface area contributed by atoms with Gasteiger partial charge in [0.2, 0.25) is 0 Å². The number of rotatable bonds is 9. The molecule has 2 heterocycles. The highest BCUT2D eigenvalue weighted by Crippen LogP contribution is 2.54. The maximum atomic E-state index is 13.5. The molecule has 3 aliphatic rings. The number of anilines is 2. The lowest BCUT2D eigenvalue weighted by molar-refractivity contribution is 0.0611. The minimum absolute atomic E-state index is 0.0400. The molecule has 40 heavy (non-hydrogen) atoms. The van der Waals surface area contributed by atoms with E-state index >= 15 is 0 Å². The Hall–Kier alpha value is -2.21. The maximum absolute atomic E-state index is 13.5. The van der Waals surface area contributed by atoms with Gasteiger partial charge in [0, 0.05) is 18.7 Å². The Kier molecular flexibility index (Phi) is 8.48. The lowest BCUT2D eigenvalue weighted by Crippen LogP contribution is -2.37. The summed E-state index contributed by atoms with van der Waals surface area (Å²) in [6.07, 6.45) is 6.45. The van der Waals surface area contributed by atoms with Crippen LogP contribution >= 0.6 is 11.6 Å². The van der Waals surface area contributed by atoms with Crippen LogP contribution in [-0.2, 0) is 16.9 Å². The first kappa shape index (κ1) is 29.3. The number of benzene rings is 1. The van der Waals surface area contributed by atoms with Crippen LogP contribution in [0.4, 0.5) is 15.9 Å². The Morgan fingerprint density at radius 3 is 2.55 bits per heavy atom. The number of aromatic nitrogens is 2. The third-order valence-corrected chi connectivity index (χ3v) is 11.1. The first-order valence-corrected chi connectivity index (χ1v) is 16.4. The molecular weight excluding hydrogens is 557 g/mol. The van der Waals surface area contributed by atoms with Crippen molar-refractivity contribution in [2.45, 2.75) is 62.9 Å². The number of hydrogen-bond acceptors (Lipinski definition) is 7. The number of carbonyl (C=O) groups is 1. The molecule has 1 aliphatic heterocycles. The molecule has 9 nitrogen and oxygen atoms in total. The van der Waals surface area contributed by atoms with Gasteiger partial charge in [-0.1, -0.05) is 18.0 Å². The molecule has 0 radical (unpaired) electrons. The number of nitrogens with two attached hydrogens (primary N) is 1. The van der Waals surface area contributed by atoms with Gasteiger partial charge in [0.1, 0.15) is 17.2 Å². The lowest BCUT2D eigenvalue weighted by Gasteiger charge is -2.27. The van der Waals surface area contributed by atoms with Crippen molar-refractivity contribution in [1.29, 1.82) is 0 Å². The molecule has 3 unspecified atom stereocenters. The number of hydrogen-bond donors (Lipinski definition) is 3. The second kappa shape index (κ2) is 11.6. The van der Waals surface area contributed by atoms with Crippen molar-refractivity contribution in [3.8, 4) is 0 Å². The summed E-state index contributed by atoms with van der Waals surface area (Å²) in [7, 11) is -1.70. The highest BCUT2D eigenvalue weighted by atomic mass is 35.5. The largest absolute Gasteiger partial charge is 0.389 e. The van der Waals surface area contributed by atoms with Crippen LogP contribution in [0.5, 0.6) is 0 Å². The van der Waals surface area contributed by atoms with Gasteiger partial charge in [0.25, 0.3) is 5.91 Å². The Morgan fingerprint density at radius 2 is 1.90 bits per heavy atom. The molecule has 12 heteroatoms. The summed E-state index contributed by atoms with van der Waals surface area (Å²) in [5.41, 5.74) is 6.24. The van der Waals surface area contributed by atoms with E-state index in [1.54, 1.807) is 7.05 Å². The van der Waals surface area contributed by atoms with Gasteiger partial charge < -0.3 is 21.1 Å². The predicted octanol–water partition coefficient (Wildman–Crippen LogP) is 3.97. The van der Waals surface area contributed by atoms with E-state index in [-0.39, 0.29) is 45.7 Å². The molecule has 3 fully saturated rings. The van der Waals surface area contributed by atoms with E-state index in [9.17, 15) is 22.7 Å². The molecule has 2 aliphatic carbocycles. The number of nitrogen functional groups attached to an aromatic ring is 1. The average molecular weight is 596 g/mol. The molecule has 4 N–H and O–H groups in total. The van der Waals surface area contributed by atoms with E-state index in [0.29, 0.717) is 43.5 Å². The van der Waals surface area contributed by atoms with Gasteiger partial charge in [-0.3, -0.25) is 9.48 Å². The van der Waals surface area contributed by atoms with Crippen LogP contribution in [0.3, 0.4) is 0 Å². The van der Waals surface area contributed by atoms with Crippen LogP contribution in [0.1, 0.15) is 73.3 Å². The molecule has 220 valence electrons. The third-order valence-electron chi connectivity index (χ3n) is 8.90. The fraction of sp³-hybridized carbons (Fsp3) is 0.643. The number of nitrogens with zero attached hydrogens (tertiary/aromatic N) is 3. The number of likely N-dealkylation sites (tertiary alicyclic amines) is 1. The van der Waals surface area contributed by atoms with Crippen LogP contribution < -0.4 is 11.1 Å². The van der Waals surface area contributed by atoms with E-state index in [4.69, 9.17) is 17.3 Å². The van der Waals surface area contributed by atoms with Crippen LogP contribution in [0.25, 0.3) is 0 Å². The highest BCUT2D eigenvalue weighted by molar-refractivity contribution is 7.91. The number of aryl methyl sites for hydroxylation is 1. The molecule has 1 aromatic heterocycles. The molecule has 1 amide bonds. The number of carbonyl (C=O) groups excluding carboxylic acids is 1. The summed E-state index contributed by atoms with van der Waals surface area (Å²) >= 11 is 5.86. The molecule has 0 bridgehead atoms. The van der Waals surface area contributed by atoms with E-state index in [0.717, 1.165) is 19.6 Å². The Morgan fingerprint density at radius 1 is 1.23 bits per heavy atom. The fourth-order valence-corrected chi connectivity index (χ4v) is 9.08. The van der Waals surface area contributed by atoms with Crippen LogP contribution in [0.2, 0.25) is 5.02 Å². The number of halogens is 2. The number of fused-ring (bicyclic) bond motifs is 1.